The van der Waals surface area contributed by atoms with Crippen LogP contribution in [0.2, 0.25) is 0 Å². The predicted octanol–water partition coefficient (Wildman–Crippen LogP) is 2.57. The molecule has 6 heteroatoms. The Labute approximate surface area is 143 Å². The molecule has 3 N–H and O–H groups in total. The molecule has 3 aromatic rings. The molecule has 6 nitrogen and oxygen atoms in total. The Morgan fingerprint density at radius 1 is 1.12 bits per heavy atom. The molecule has 0 saturated carbocycles. The Kier molecular flexibility index (Phi) is 3.74. The van der Waals surface area contributed by atoms with Gasteiger partial charge in [-0.1, -0.05) is 24.3 Å². The molecule has 0 fully saturated rings. The summed E-state index contributed by atoms with van der Waals surface area (Å²) >= 11 is 0. The van der Waals surface area contributed by atoms with E-state index in [9.17, 15) is 14.7 Å². The van der Waals surface area contributed by atoms with Crippen molar-refractivity contribution in [3.63, 3.8) is 0 Å². The Hall–Kier alpha value is -3.12. The predicted molar refractivity (Wildman–Crippen MR) is 93.5 cm³/mol. The van der Waals surface area contributed by atoms with Crippen molar-refractivity contribution >= 4 is 22.7 Å². The maximum Gasteiger partial charge on any atom is 0.336 e. The van der Waals surface area contributed by atoms with Crippen molar-refractivity contribution in [3.05, 3.63) is 76.1 Å². The van der Waals surface area contributed by atoms with Crippen LogP contribution in [0, 0.1) is 0 Å². The lowest BCUT2D eigenvalue weighted by Crippen LogP contribution is -2.36. The highest BCUT2D eigenvalue weighted by Crippen LogP contribution is 2.31. The summed E-state index contributed by atoms with van der Waals surface area (Å²) < 4.78 is 5.07. The lowest BCUT2D eigenvalue weighted by molar-refractivity contribution is 0.144. The van der Waals surface area contributed by atoms with Crippen LogP contribution < -0.4 is 16.3 Å². The molecule has 2 atom stereocenters. The molecule has 0 spiro atoms. The summed E-state index contributed by atoms with van der Waals surface area (Å²) in [5, 5.41) is 16.5. The highest BCUT2D eigenvalue weighted by atomic mass is 16.4. The van der Waals surface area contributed by atoms with E-state index >= 15 is 0 Å². The van der Waals surface area contributed by atoms with Crippen LogP contribution in [0.5, 0.6) is 0 Å². The van der Waals surface area contributed by atoms with Gasteiger partial charge >= 0.3 is 11.7 Å². The zero-order valence-electron chi connectivity index (χ0n) is 13.2. The molecular formula is C19H16N2O4. The molecule has 1 heterocycles. The molecule has 0 radical (unpaired) electrons. The largest absolute Gasteiger partial charge is 0.423 e. The number of fused-ring (bicyclic) bond motifs is 2. The third kappa shape index (κ3) is 2.99. The Morgan fingerprint density at radius 3 is 2.84 bits per heavy atom. The summed E-state index contributed by atoms with van der Waals surface area (Å²) in [4.78, 5) is 23.5. The fourth-order valence-corrected chi connectivity index (χ4v) is 3.21. The summed E-state index contributed by atoms with van der Waals surface area (Å²) in [6.45, 7) is 0. The fraction of sp³-hybridized carbons (Fsp3) is 0.158. The quantitative estimate of drug-likeness (QED) is 0.627. The molecule has 126 valence electrons. The maximum absolute atomic E-state index is 12.3. The van der Waals surface area contributed by atoms with E-state index in [0.717, 1.165) is 11.1 Å². The molecule has 2 aromatic carbocycles. The topological polar surface area (TPSA) is 91.6 Å². The second-order valence-electron chi connectivity index (χ2n) is 6.05. The van der Waals surface area contributed by atoms with Gasteiger partial charge in [0.25, 0.3) is 0 Å². The summed E-state index contributed by atoms with van der Waals surface area (Å²) in [6.07, 6.45) is -0.120. The smallest absolute Gasteiger partial charge is 0.336 e. The number of nitrogens with one attached hydrogen (secondary N) is 2. The molecule has 1 aliphatic rings. The normalized spacial score (nSPS) is 18.8. The molecular weight excluding hydrogens is 320 g/mol. The van der Waals surface area contributed by atoms with E-state index in [-0.39, 0.29) is 0 Å². The molecule has 2 amide bonds. The standard InChI is InChI=1S/C19H16N2O4/c22-15-10-11-3-1-2-4-14(11)18(15)21-19(24)20-13-6-7-16-12(9-13)5-8-17(23)25-16/h1-9,15,18,22H,10H2,(H2,20,21,24)/t15-,18+/m1/s1. The Bertz CT molecular complexity index is 1010. The van der Waals surface area contributed by atoms with Gasteiger partial charge < -0.3 is 20.2 Å². The van der Waals surface area contributed by atoms with Crippen molar-refractivity contribution in [2.45, 2.75) is 18.6 Å². The zero-order chi connectivity index (χ0) is 17.4. The highest BCUT2D eigenvalue weighted by Gasteiger charge is 2.31. The molecule has 1 aliphatic carbocycles. The number of aliphatic hydroxyl groups excluding tert-OH is 1. The summed E-state index contributed by atoms with van der Waals surface area (Å²) in [7, 11) is 0. The number of hydrogen-bond acceptors (Lipinski definition) is 4. The highest BCUT2D eigenvalue weighted by molar-refractivity contribution is 5.92. The van der Waals surface area contributed by atoms with Crippen LogP contribution in [0.1, 0.15) is 17.2 Å². The minimum atomic E-state index is -0.644. The van der Waals surface area contributed by atoms with E-state index in [4.69, 9.17) is 4.42 Å². The first-order valence-electron chi connectivity index (χ1n) is 7.97. The minimum Gasteiger partial charge on any atom is -0.423 e. The van der Waals surface area contributed by atoms with Crippen LogP contribution in [-0.2, 0) is 6.42 Å². The number of aliphatic hydroxyl groups is 1. The molecule has 0 bridgehead atoms. The van der Waals surface area contributed by atoms with Gasteiger partial charge in [-0.15, -0.1) is 0 Å². The van der Waals surface area contributed by atoms with E-state index in [1.165, 1.54) is 6.07 Å². The summed E-state index contributed by atoms with van der Waals surface area (Å²) in [5.41, 5.74) is 2.59. The molecule has 25 heavy (non-hydrogen) atoms. The van der Waals surface area contributed by atoms with Gasteiger partial charge in [0.2, 0.25) is 0 Å². The molecule has 0 unspecified atom stereocenters. The minimum absolute atomic E-state index is 0.405. The van der Waals surface area contributed by atoms with Crippen LogP contribution in [0.25, 0.3) is 11.0 Å². The van der Waals surface area contributed by atoms with Gasteiger partial charge in [0.1, 0.15) is 5.58 Å². The molecule has 1 aromatic heterocycles. The average Bonchev–Trinajstić information content (AvgIpc) is 2.91. The van der Waals surface area contributed by atoms with Crippen LogP contribution in [-0.4, -0.2) is 17.2 Å². The maximum atomic E-state index is 12.3. The molecule has 0 aliphatic heterocycles. The van der Waals surface area contributed by atoms with Gasteiger partial charge in [-0.25, -0.2) is 9.59 Å². The van der Waals surface area contributed by atoms with E-state index < -0.39 is 23.8 Å². The van der Waals surface area contributed by atoms with Crippen molar-refractivity contribution in [2.75, 3.05) is 5.32 Å². The van der Waals surface area contributed by atoms with Crippen LogP contribution >= 0.6 is 0 Å². The van der Waals surface area contributed by atoms with Gasteiger partial charge in [-0.2, -0.15) is 0 Å². The number of hydrogen-bond donors (Lipinski definition) is 3. The van der Waals surface area contributed by atoms with Gasteiger partial charge in [-0.05, 0) is 35.4 Å². The number of carbonyl (C=O) groups excluding carboxylic acids is 1. The second-order valence-corrected chi connectivity index (χ2v) is 6.05. The fourth-order valence-electron chi connectivity index (χ4n) is 3.21. The van der Waals surface area contributed by atoms with Gasteiger partial charge in [0.15, 0.2) is 0 Å². The summed E-state index contributed by atoms with van der Waals surface area (Å²) in [5.74, 6) is 0. The molecule has 4 rings (SSSR count). The Balaban J connectivity index is 1.51. The zero-order valence-corrected chi connectivity index (χ0v) is 13.2. The van der Waals surface area contributed by atoms with Crippen molar-refractivity contribution < 1.29 is 14.3 Å². The van der Waals surface area contributed by atoms with E-state index in [2.05, 4.69) is 10.6 Å². The number of rotatable bonds is 2. The monoisotopic (exact) mass is 336 g/mol. The van der Waals surface area contributed by atoms with Crippen molar-refractivity contribution in [1.29, 1.82) is 0 Å². The lowest BCUT2D eigenvalue weighted by atomic mass is 10.1. The van der Waals surface area contributed by atoms with E-state index in [1.54, 1.807) is 24.3 Å². The van der Waals surface area contributed by atoms with Crippen molar-refractivity contribution in [1.82, 2.24) is 5.32 Å². The number of anilines is 1. The first-order chi connectivity index (χ1) is 12.1. The average molecular weight is 336 g/mol. The SMILES string of the molecule is O=C(Nc1ccc2oc(=O)ccc2c1)N[C@H]1c2ccccc2C[C@H]1O. The van der Waals surface area contributed by atoms with Crippen molar-refractivity contribution in [3.8, 4) is 0 Å². The summed E-state index contributed by atoms with van der Waals surface area (Å²) in [6, 6.07) is 14.8. The third-order valence-electron chi connectivity index (χ3n) is 4.37. The van der Waals surface area contributed by atoms with Gasteiger partial charge in [-0.3, -0.25) is 0 Å². The van der Waals surface area contributed by atoms with Gasteiger partial charge in [0, 0.05) is 23.6 Å². The molecule has 0 saturated heterocycles. The van der Waals surface area contributed by atoms with Crippen molar-refractivity contribution in [2.24, 2.45) is 0 Å². The number of urea groups is 1. The number of carbonyl (C=O) groups is 1. The lowest BCUT2D eigenvalue weighted by Gasteiger charge is -2.18. The van der Waals surface area contributed by atoms with Gasteiger partial charge in [0.05, 0.1) is 12.1 Å². The van der Waals surface area contributed by atoms with Crippen LogP contribution in [0.4, 0.5) is 10.5 Å². The second kappa shape index (κ2) is 6.07. The first kappa shape index (κ1) is 15.4. The first-order valence-corrected chi connectivity index (χ1v) is 7.97. The number of amides is 2. The van der Waals surface area contributed by atoms with Crippen LogP contribution in [0.3, 0.4) is 0 Å². The number of benzene rings is 2. The Morgan fingerprint density at radius 2 is 1.96 bits per heavy atom. The van der Waals surface area contributed by atoms with Crippen LogP contribution in [0.15, 0.2) is 63.8 Å². The van der Waals surface area contributed by atoms with E-state index in [1.807, 2.05) is 24.3 Å². The third-order valence-corrected chi connectivity index (χ3v) is 4.37. The van der Waals surface area contributed by atoms with E-state index in [0.29, 0.717) is 23.1 Å².